The summed E-state index contributed by atoms with van der Waals surface area (Å²) in [5.74, 6) is -0.475. The van der Waals surface area contributed by atoms with Gasteiger partial charge in [-0.25, -0.2) is 8.42 Å². The topological polar surface area (TPSA) is 172 Å². The standard InChI is InChI=1S/C18H17NO9S3.Na.H/c1-3-29(21,22)16-9-7-14(18(11-16)31(26,27)28)5-4-13-6-8-15(19-12(2)20)10-17(13)30(23,24)25;;/h3-11H,1H2,2H3,(H,19,20)(H,23,24,25)(H,26,27,28);;/q;+1;-1/b5-4+;;. The predicted molar refractivity (Wildman–Crippen MR) is 114 cm³/mol. The van der Waals surface area contributed by atoms with Crippen LogP contribution in [0.4, 0.5) is 5.69 Å². The third-order valence-electron chi connectivity index (χ3n) is 3.87. The van der Waals surface area contributed by atoms with E-state index in [0.717, 1.165) is 36.4 Å². The van der Waals surface area contributed by atoms with E-state index in [0.29, 0.717) is 5.41 Å². The smallest absolute Gasteiger partial charge is 1.00 e. The molecule has 2 aromatic carbocycles. The van der Waals surface area contributed by atoms with E-state index in [1.165, 1.54) is 19.1 Å². The second-order valence-electron chi connectivity index (χ2n) is 6.13. The van der Waals surface area contributed by atoms with E-state index in [4.69, 9.17) is 0 Å². The number of hydrogen-bond donors (Lipinski definition) is 3. The SMILES string of the molecule is C=CS(=O)(=O)c1ccc(/C=C/c2ccc(NC(C)=O)cc2S(=O)(=O)O)c(S(=O)(=O)O)c1.[H-].[Na+]. The minimum atomic E-state index is -4.85. The summed E-state index contributed by atoms with van der Waals surface area (Å²) in [7, 11) is -13.6. The summed E-state index contributed by atoms with van der Waals surface area (Å²) in [6.45, 7) is 4.34. The van der Waals surface area contributed by atoms with Crippen molar-refractivity contribution >= 4 is 53.8 Å². The van der Waals surface area contributed by atoms with E-state index >= 15 is 0 Å². The summed E-state index contributed by atoms with van der Waals surface area (Å²) >= 11 is 0. The van der Waals surface area contributed by atoms with Gasteiger partial charge in [0.1, 0.15) is 9.79 Å². The molecule has 0 heterocycles. The number of nitrogens with one attached hydrogen (secondary N) is 1. The predicted octanol–water partition coefficient (Wildman–Crippen LogP) is -0.657. The van der Waals surface area contributed by atoms with Crippen molar-refractivity contribution in [2.75, 3.05) is 5.32 Å². The first-order valence-corrected chi connectivity index (χ1v) is 12.6. The molecule has 0 saturated carbocycles. The van der Waals surface area contributed by atoms with Gasteiger partial charge in [0.05, 0.1) is 4.90 Å². The number of carbonyl (C=O) groups excluding carboxylic acids is 1. The van der Waals surface area contributed by atoms with E-state index in [2.05, 4.69) is 11.9 Å². The van der Waals surface area contributed by atoms with Crippen LogP contribution in [0, 0.1) is 0 Å². The van der Waals surface area contributed by atoms with Crippen molar-refractivity contribution in [2.24, 2.45) is 0 Å². The van der Waals surface area contributed by atoms with Crippen molar-refractivity contribution in [3.05, 3.63) is 59.5 Å². The second-order valence-corrected chi connectivity index (χ2v) is 10.8. The van der Waals surface area contributed by atoms with Gasteiger partial charge in [-0.15, -0.1) is 0 Å². The summed E-state index contributed by atoms with van der Waals surface area (Å²) in [6.07, 6.45) is 2.24. The monoisotopic (exact) mass is 511 g/mol. The van der Waals surface area contributed by atoms with E-state index in [9.17, 15) is 39.2 Å². The fourth-order valence-corrected chi connectivity index (χ4v) is 4.73. The summed E-state index contributed by atoms with van der Waals surface area (Å²) < 4.78 is 89.6. The molecule has 2 aromatic rings. The van der Waals surface area contributed by atoms with Gasteiger partial charge in [-0.3, -0.25) is 13.9 Å². The van der Waals surface area contributed by atoms with E-state index in [1.54, 1.807) is 0 Å². The van der Waals surface area contributed by atoms with Gasteiger partial charge in [0.15, 0.2) is 9.84 Å². The van der Waals surface area contributed by atoms with Gasteiger partial charge < -0.3 is 6.74 Å². The third-order valence-corrected chi connectivity index (χ3v) is 7.03. The first-order valence-electron chi connectivity index (χ1n) is 8.21. The van der Waals surface area contributed by atoms with Crippen molar-refractivity contribution in [3.63, 3.8) is 0 Å². The molecule has 0 aliphatic carbocycles. The average Bonchev–Trinajstić information content (AvgIpc) is 2.64. The van der Waals surface area contributed by atoms with Crippen LogP contribution in [0.15, 0.2) is 63.1 Å². The Bertz CT molecular complexity index is 1420. The summed E-state index contributed by atoms with van der Waals surface area (Å²) in [5.41, 5.74) is -0.131. The van der Waals surface area contributed by atoms with Gasteiger partial charge in [0, 0.05) is 18.0 Å². The van der Waals surface area contributed by atoms with Crippen molar-refractivity contribution in [1.82, 2.24) is 0 Å². The molecule has 1 amide bonds. The number of carbonyl (C=O) groups is 1. The minimum Gasteiger partial charge on any atom is -1.00 e. The number of anilines is 1. The van der Waals surface area contributed by atoms with Crippen molar-refractivity contribution in [2.45, 2.75) is 21.6 Å². The quantitative estimate of drug-likeness (QED) is 0.248. The zero-order chi connectivity index (χ0) is 23.6. The largest absolute Gasteiger partial charge is 1.00 e. The molecule has 3 N–H and O–H groups in total. The van der Waals surface area contributed by atoms with Crippen LogP contribution in [-0.4, -0.2) is 40.3 Å². The molecule has 14 heteroatoms. The molecule has 32 heavy (non-hydrogen) atoms. The van der Waals surface area contributed by atoms with Crippen LogP contribution in [0.5, 0.6) is 0 Å². The first-order chi connectivity index (χ1) is 14.1. The zero-order valence-corrected chi connectivity index (χ0v) is 21.3. The number of rotatable bonds is 7. The maximum absolute atomic E-state index is 11.9. The number of hydrogen-bond acceptors (Lipinski definition) is 7. The molecule has 0 atom stereocenters. The summed E-state index contributed by atoms with van der Waals surface area (Å²) in [6, 6.07) is 6.49. The molecule has 0 fully saturated rings. The van der Waals surface area contributed by atoms with E-state index < -0.39 is 50.7 Å². The van der Waals surface area contributed by atoms with Gasteiger partial charge in [-0.05, 0) is 35.4 Å². The Labute approximate surface area is 209 Å². The van der Waals surface area contributed by atoms with Crippen LogP contribution in [-0.2, 0) is 34.9 Å². The maximum atomic E-state index is 11.9. The van der Waals surface area contributed by atoms with E-state index in [-0.39, 0.29) is 47.8 Å². The molecule has 10 nitrogen and oxygen atoms in total. The van der Waals surface area contributed by atoms with Crippen LogP contribution in [0.2, 0.25) is 0 Å². The molecule has 0 aliphatic heterocycles. The maximum Gasteiger partial charge on any atom is 1.00 e. The number of amides is 1. The molecule has 168 valence electrons. The molecule has 2 rings (SSSR count). The third kappa shape index (κ3) is 7.08. The van der Waals surface area contributed by atoms with Crippen LogP contribution in [0.1, 0.15) is 19.5 Å². The molecular weight excluding hydrogens is 493 g/mol. The number of benzene rings is 2. The normalized spacial score (nSPS) is 12.2. The van der Waals surface area contributed by atoms with Gasteiger partial charge in [-0.1, -0.05) is 30.9 Å². The molecule has 0 aliphatic rings. The van der Waals surface area contributed by atoms with Crippen molar-refractivity contribution < 1.29 is 70.1 Å². The van der Waals surface area contributed by atoms with Crippen molar-refractivity contribution in [3.8, 4) is 0 Å². The fourth-order valence-electron chi connectivity index (χ4n) is 2.51. The van der Waals surface area contributed by atoms with Crippen LogP contribution in [0.3, 0.4) is 0 Å². The Morgan fingerprint density at radius 1 is 0.906 bits per heavy atom. The molecular formula is C18H18NNaO9S3. The number of sulfone groups is 1. The Morgan fingerprint density at radius 2 is 1.38 bits per heavy atom. The molecule has 0 aromatic heterocycles. The molecule has 0 unspecified atom stereocenters. The van der Waals surface area contributed by atoms with Gasteiger partial charge in [0.2, 0.25) is 5.91 Å². The molecule has 0 spiro atoms. The second kappa shape index (κ2) is 10.4. The Balaban J connectivity index is 0.00000512. The van der Waals surface area contributed by atoms with Crippen LogP contribution in [0.25, 0.3) is 12.2 Å². The van der Waals surface area contributed by atoms with Gasteiger partial charge in [0.25, 0.3) is 20.2 Å². The molecule has 0 saturated heterocycles. The first kappa shape index (κ1) is 28.2. The Hall–Kier alpha value is -1.84. The zero-order valence-electron chi connectivity index (χ0n) is 17.9. The van der Waals surface area contributed by atoms with E-state index in [1.807, 2.05) is 0 Å². The molecule has 0 bridgehead atoms. The van der Waals surface area contributed by atoms with Crippen LogP contribution < -0.4 is 34.9 Å². The molecule has 0 radical (unpaired) electrons. The average molecular weight is 512 g/mol. The fraction of sp³-hybridized carbons (Fsp3) is 0.0556. The van der Waals surface area contributed by atoms with Crippen molar-refractivity contribution in [1.29, 1.82) is 0 Å². The summed E-state index contributed by atoms with van der Waals surface area (Å²) in [5, 5.41) is 2.97. The van der Waals surface area contributed by atoms with Gasteiger partial charge in [-0.2, -0.15) is 16.8 Å². The van der Waals surface area contributed by atoms with Gasteiger partial charge >= 0.3 is 29.6 Å². The Kier molecular flexibility index (Phi) is 9.16. The Morgan fingerprint density at radius 3 is 1.81 bits per heavy atom. The summed E-state index contributed by atoms with van der Waals surface area (Å²) in [4.78, 5) is 9.41. The minimum absolute atomic E-state index is 0. The van der Waals surface area contributed by atoms with Crippen LogP contribution >= 0.6 is 0 Å².